The molecule has 0 saturated carbocycles. The molecule has 0 radical (unpaired) electrons. The molecule has 1 aromatic carbocycles. The number of esters is 1. The largest absolute Gasteiger partial charge is 0.496 e. The number of ether oxygens (including phenoxy) is 2. The SMILES string of the molecule is CCNC(=O)NC(=O)COC(=O)c1cc(S(N)(=O)=O)ccc1OC. The quantitative estimate of drug-likeness (QED) is 0.570. The van der Waals surface area contributed by atoms with Crippen LogP contribution in [0.5, 0.6) is 5.75 Å². The van der Waals surface area contributed by atoms with Crippen LogP contribution in [0.4, 0.5) is 4.79 Å². The Kier molecular flexibility index (Phi) is 6.68. The monoisotopic (exact) mass is 359 g/mol. The maximum Gasteiger partial charge on any atom is 0.342 e. The third-order valence-corrected chi connectivity index (χ3v) is 3.56. The number of benzene rings is 1. The van der Waals surface area contributed by atoms with E-state index >= 15 is 0 Å². The maximum atomic E-state index is 12.0. The van der Waals surface area contributed by atoms with Crippen LogP contribution in [-0.4, -0.2) is 46.6 Å². The molecule has 24 heavy (non-hydrogen) atoms. The number of hydrogen-bond acceptors (Lipinski definition) is 7. The predicted molar refractivity (Wildman–Crippen MR) is 81.9 cm³/mol. The molecule has 0 aromatic heterocycles. The fourth-order valence-electron chi connectivity index (χ4n) is 1.60. The number of urea groups is 1. The molecular weight excluding hydrogens is 342 g/mol. The van der Waals surface area contributed by atoms with Crippen LogP contribution in [0.2, 0.25) is 0 Å². The number of rotatable bonds is 6. The molecule has 4 N–H and O–H groups in total. The standard InChI is InChI=1S/C13H17N3O7S/c1-3-15-13(19)16-11(17)7-23-12(18)9-6-8(24(14,20)21)4-5-10(9)22-2/h4-6H,3,7H2,1-2H3,(H2,14,20,21)(H2,15,16,17,19). The van der Waals surface area contributed by atoms with Gasteiger partial charge in [-0.2, -0.15) is 0 Å². The van der Waals surface area contributed by atoms with Gasteiger partial charge in [-0.25, -0.2) is 23.1 Å². The van der Waals surface area contributed by atoms with Crippen LogP contribution < -0.4 is 20.5 Å². The minimum Gasteiger partial charge on any atom is -0.496 e. The minimum absolute atomic E-state index is 0.0385. The zero-order chi connectivity index (χ0) is 18.3. The van der Waals surface area contributed by atoms with Gasteiger partial charge in [-0.15, -0.1) is 0 Å². The molecule has 0 unspecified atom stereocenters. The van der Waals surface area contributed by atoms with E-state index in [1.807, 2.05) is 5.32 Å². The highest BCUT2D eigenvalue weighted by Crippen LogP contribution is 2.22. The van der Waals surface area contributed by atoms with Crippen LogP contribution >= 0.6 is 0 Å². The summed E-state index contributed by atoms with van der Waals surface area (Å²) in [6, 6.07) is 2.63. The van der Waals surface area contributed by atoms with Crippen LogP contribution in [-0.2, 0) is 19.6 Å². The van der Waals surface area contributed by atoms with Crippen molar-refractivity contribution in [1.29, 1.82) is 0 Å². The molecule has 0 aliphatic rings. The minimum atomic E-state index is -4.03. The lowest BCUT2D eigenvalue weighted by molar-refractivity contribution is -0.123. The third kappa shape index (κ3) is 5.52. The second-order valence-corrected chi connectivity index (χ2v) is 5.95. The first-order valence-corrected chi connectivity index (χ1v) is 8.19. The summed E-state index contributed by atoms with van der Waals surface area (Å²) in [5, 5.41) is 9.26. The lowest BCUT2D eigenvalue weighted by atomic mass is 10.2. The number of methoxy groups -OCH3 is 1. The summed E-state index contributed by atoms with van der Waals surface area (Å²) in [7, 11) is -2.76. The van der Waals surface area contributed by atoms with Gasteiger partial charge in [0, 0.05) is 6.54 Å². The smallest absolute Gasteiger partial charge is 0.342 e. The van der Waals surface area contributed by atoms with E-state index < -0.39 is 34.5 Å². The maximum absolute atomic E-state index is 12.0. The molecule has 0 atom stereocenters. The van der Waals surface area contributed by atoms with Crippen molar-refractivity contribution in [2.75, 3.05) is 20.3 Å². The molecule has 0 saturated heterocycles. The Balaban J connectivity index is 2.84. The molecule has 11 heteroatoms. The zero-order valence-electron chi connectivity index (χ0n) is 13.0. The fraction of sp³-hybridized carbons (Fsp3) is 0.308. The molecule has 0 fully saturated rings. The first-order valence-electron chi connectivity index (χ1n) is 6.64. The van der Waals surface area contributed by atoms with Gasteiger partial charge >= 0.3 is 12.0 Å². The van der Waals surface area contributed by atoms with Gasteiger partial charge in [-0.05, 0) is 25.1 Å². The normalized spacial score (nSPS) is 10.6. The molecule has 3 amide bonds. The average Bonchev–Trinajstić information content (AvgIpc) is 2.51. The van der Waals surface area contributed by atoms with Gasteiger partial charge in [-0.3, -0.25) is 10.1 Å². The summed E-state index contributed by atoms with van der Waals surface area (Å²) in [6.07, 6.45) is 0. The molecule has 1 aromatic rings. The van der Waals surface area contributed by atoms with Crippen LogP contribution in [0, 0.1) is 0 Å². The summed E-state index contributed by atoms with van der Waals surface area (Å²) in [5.41, 5.74) is -0.227. The van der Waals surface area contributed by atoms with Crippen LogP contribution in [0.1, 0.15) is 17.3 Å². The van der Waals surface area contributed by atoms with E-state index in [2.05, 4.69) is 5.32 Å². The Morgan fingerprint density at radius 1 is 1.25 bits per heavy atom. The number of carbonyl (C=O) groups is 3. The second-order valence-electron chi connectivity index (χ2n) is 4.39. The highest BCUT2D eigenvalue weighted by molar-refractivity contribution is 7.89. The lowest BCUT2D eigenvalue weighted by Gasteiger charge is -2.10. The number of nitrogens with two attached hydrogens (primary N) is 1. The summed E-state index contributed by atoms with van der Waals surface area (Å²) < 4.78 is 32.3. The molecule has 0 bridgehead atoms. The van der Waals surface area contributed by atoms with E-state index in [1.54, 1.807) is 6.92 Å². The molecular formula is C13H17N3O7S. The number of sulfonamides is 1. The Labute approximate surface area is 138 Å². The van der Waals surface area contributed by atoms with Crippen LogP contribution in [0.3, 0.4) is 0 Å². The van der Waals surface area contributed by atoms with Crippen LogP contribution in [0.25, 0.3) is 0 Å². The third-order valence-electron chi connectivity index (χ3n) is 2.64. The lowest BCUT2D eigenvalue weighted by Crippen LogP contribution is -2.41. The topological polar surface area (TPSA) is 154 Å². The number of primary sulfonamides is 1. The molecule has 132 valence electrons. The molecule has 0 spiro atoms. The molecule has 0 aliphatic heterocycles. The van der Waals surface area contributed by atoms with Crippen molar-refractivity contribution in [1.82, 2.24) is 10.6 Å². The van der Waals surface area contributed by atoms with E-state index in [-0.39, 0.29) is 16.2 Å². The van der Waals surface area contributed by atoms with Crippen molar-refractivity contribution >= 4 is 27.9 Å². The summed E-state index contributed by atoms with van der Waals surface area (Å²) in [4.78, 5) is 34.3. The van der Waals surface area contributed by atoms with E-state index in [1.165, 1.54) is 13.2 Å². The van der Waals surface area contributed by atoms with Gasteiger partial charge in [0.05, 0.1) is 12.0 Å². The molecule has 10 nitrogen and oxygen atoms in total. The highest BCUT2D eigenvalue weighted by atomic mass is 32.2. The highest BCUT2D eigenvalue weighted by Gasteiger charge is 2.19. The number of hydrogen-bond donors (Lipinski definition) is 3. The van der Waals surface area contributed by atoms with E-state index in [0.717, 1.165) is 12.1 Å². The first kappa shape index (κ1) is 19.4. The van der Waals surface area contributed by atoms with Gasteiger partial charge in [0.2, 0.25) is 10.0 Å². The van der Waals surface area contributed by atoms with Gasteiger partial charge in [0.1, 0.15) is 11.3 Å². The summed E-state index contributed by atoms with van der Waals surface area (Å²) in [6.45, 7) is 1.24. The molecule has 0 aliphatic carbocycles. The van der Waals surface area contributed by atoms with Crippen molar-refractivity contribution in [3.63, 3.8) is 0 Å². The van der Waals surface area contributed by atoms with E-state index in [0.29, 0.717) is 6.54 Å². The summed E-state index contributed by atoms with van der Waals surface area (Å²) >= 11 is 0. The van der Waals surface area contributed by atoms with Crippen molar-refractivity contribution in [3.8, 4) is 5.75 Å². The Bertz CT molecular complexity index is 746. The Morgan fingerprint density at radius 3 is 2.46 bits per heavy atom. The van der Waals surface area contributed by atoms with Gasteiger partial charge in [-0.1, -0.05) is 0 Å². The number of amides is 3. The van der Waals surface area contributed by atoms with Gasteiger partial charge in [0.25, 0.3) is 5.91 Å². The van der Waals surface area contributed by atoms with Crippen LogP contribution in [0.15, 0.2) is 23.1 Å². The predicted octanol–water partition coefficient (Wildman–Crippen LogP) is -0.655. The van der Waals surface area contributed by atoms with E-state index in [4.69, 9.17) is 14.6 Å². The van der Waals surface area contributed by atoms with Crippen molar-refractivity contribution < 1.29 is 32.3 Å². The van der Waals surface area contributed by atoms with Crippen molar-refractivity contribution in [3.05, 3.63) is 23.8 Å². The van der Waals surface area contributed by atoms with Crippen molar-refractivity contribution in [2.45, 2.75) is 11.8 Å². The molecule has 1 rings (SSSR count). The average molecular weight is 359 g/mol. The zero-order valence-corrected chi connectivity index (χ0v) is 13.8. The summed E-state index contributed by atoms with van der Waals surface area (Å²) in [5.74, 6) is -1.82. The fourth-order valence-corrected chi connectivity index (χ4v) is 2.14. The van der Waals surface area contributed by atoms with Gasteiger partial charge in [0.15, 0.2) is 6.61 Å². The van der Waals surface area contributed by atoms with Crippen molar-refractivity contribution in [2.24, 2.45) is 5.14 Å². The molecule has 0 heterocycles. The second kappa shape index (κ2) is 8.26. The first-order chi connectivity index (χ1) is 11.2. The Morgan fingerprint density at radius 2 is 1.92 bits per heavy atom. The van der Waals surface area contributed by atoms with Gasteiger partial charge < -0.3 is 14.8 Å². The number of nitrogens with one attached hydrogen (secondary N) is 2. The Hall–Kier alpha value is -2.66. The number of imide groups is 1. The number of carbonyl (C=O) groups excluding carboxylic acids is 3. The van der Waals surface area contributed by atoms with E-state index in [9.17, 15) is 22.8 Å².